The summed E-state index contributed by atoms with van der Waals surface area (Å²) in [4.78, 5) is 0. The van der Waals surface area contributed by atoms with E-state index in [9.17, 15) is 17.6 Å². The maximum atomic E-state index is 13.5. The molecule has 0 radical (unpaired) electrons. The summed E-state index contributed by atoms with van der Waals surface area (Å²) in [5.41, 5.74) is -1.03. The molecular formula is C13H13F4N. The Balaban J connectivity index is 2.90. The van der Waals surface area contributed by atoms with Crippen molar-refractivity contribution in [1.82, 2.24) is 0 Å². The second-order valence-electron chi connectivity index (χ2n) is 3.84. The van der Waals surface area contributed by atoms with E-state index in [0.717, 1.165) is 18.6 Å². The molecule has 1 unspecified atom stereocenters. The highest BCUT2D eigenvalue weighted by Crippen LogP contribution is 2.31. The third-order valence-electron chi connectivity index (χ3n) is 2.40. The lowest BCUT2D eigenvalue weighted by Crippen LogP contribution is -2.18. The van der Waals surface area contributed by atoms with Crippen LogP contribution in [0.5, 0.6) is 0 Å². The van der Waals surface area contributed by atoms with Gasteiger partial charge in [0.25, 0.3) is 0 Å². The van der Waals surface area contributed by atoms with Crippen LogP contribution >= 0.6 is 0 Å². The average Bonchev–Trinajstić information content (AvgIpc) is 2.29. The van der Waals surface area contributed by atoms with Crippen molar-refractivity contribution in [2.75, 3.05) is 5.32 Å². The van der Waals surface area contributed by atoms with Gasteiger partial charge < -0.3 is 5.32 Å². The number of rotatable bonds is 4. The van der Waals surface area contributed by atoms with Crippen molar-refractivity contribution < 1.29 is 17.6 Å². The maximum Gasteiger partial charge on any atom is 0.416 e. The third kappa shape index (κ3) is 3.66. The molecule has 0 aliphatic carbocycles. The van der Waals surface area contributed by atoms with Crippen LogP contribution in [0.2, 0.25) is 0 Å². The Hall–Kier alpha value is -1.70. The Kier molecular flexibility index (Phi) is 4.60. The summed E-state index contributed by atoms with van der Waals surface area (Å²) < 4.78 is 50.5. The zero-order valence-electron chi connectivity index (χ0n) is 9.81. The highest BCUT2D eigenvalue weighted by molar-refractivity contribution is 5.48. The second kappa shape index (κ2) is 5.76. The van der Waals surface area contributed by atoms with E-state index >= 15 is 0 Å². The van der Waals surface area contributed by atoms with E-state index in [2.05, 4.69) is 11.2 Å². The summed E-state index contributed by atoms with van der Waals surface area (Å²) in [6.07, 6.45) is 2.11. The van der Waals surface area contributed by atoms with Gasteiger partial charge in [-0.15, -0.1) is 6.42 Å². The summed E-state index contributed by atoms with van der Waals surface area (Å²) in [5, 5.41) is 2.70. The van der Waals surface area contributed by atoms with Gasteiger partial charge in [0.2, 0.25) is 0 Å². The molecule has 1 aromatic rings. The monoisotopic (exact) mass is 259 g/mol. The van der Waals surface area contributed by atoms with Crippen LogP contribution in [0.1, 0.15) is 25.3 Å². The van der Waals surface area contributed by atoms with Gasteiger partial charge in [0.1, 0.15) is 5.82 Å². The van der Waals surface area contributed by atoms with E-state index in [-0.39, 0.29) is 11.7 Å². The predicted octanol–water partition coefficient (Wildman–Crippen LogP) is 4.06. The standard InChI is InChI=1S/C13H13F4N/c1-3-5-10(4-2)18-12-7-6-9(8-11(12)14)13(15,16)17/h2,6-8,10,18H,3,5H2,1H3. The minimum absolute atomic E-state index is 0.0144. The van der Waals surface area contributed by atoms with E-state index in [1.165, 1.54) is 0 Å². The van der Waals surface area contributed by atoms with Gasteiger partial charge in [-0.3, -0.25) is 0 Å². The van der Waals surface area contributed by atoms with Crippen LogP contribution < -0.4 is 5.32 Å². The first-order valence-corrected chi connectivity index (χ1v) is 5.48. The molecule has 0 spiro atoms. The van der Waals surface area contributed by atoms with Crippen LogP contribution in [0.25, 0.3) is 0 Å². The lowest BCUT2D eigenvalue weighted by molar-refractivity contribution is -0.137. The zero-order chi connectivity index (χ0) is 13.8. The van der Waals surface area contributed by atoms with Crippen LogP contribution in [0.15, 0.2) is 18.2 Å². The van der Waals surface area contributed by atoms with Crippen molar-refractivity contribution in [3.05, 3.63) is 29.6 Å². The first-order chi connectivity index (χ1) is 8.38. The number of hydrogen-bond donors (Lipinski definition) is 1. The van der Waals surface area contributed by atoms with Gasteiger partial charge in [-0.1, -0.05) is 19.3 Å². The molecule has 1 aromatic carbocycles. The molecule has 0 aromatic heterocycles. The fraction of sp³-hybridized carbons (Fsp3) is 0.385. The van der Waals surface area contributed by atoms with Gasteiger partial charge in [-0.2, -0.15) is 13.2 Å². The fourth-order valence-electron chi connectivity index (χ4n) is 1.48. The second-order valence-corrected chi connectivity index (χ2v) is 3.84. The van der Waals surface area contributed by atoms with Gasteiger partial charge in [0.05, 0.1) is 17.3 Å². The van der Waals surface area contributed by atoms with Crippen molar-refractivity contribution >= 4 is 5.69 Å². The topological polar surface area (TPSA) is 12.0 Å². The first kappa shape index (κ1) is 14.4. The minimum atomic E-state index is -4.55. The third-order valence-corrected chi connectivity index (χ3v) is 2.40. The number of benzene rings is 1. The Morgan fingerprint density at radius 1 is 1.39 bits per heavy atom. The quantitative estimate of drug-likeness (QED) is 0.635. The van der Waals surface area contributed by atoms with Crippen LogP contribution in [-0.4, -0.2) is 6.04 Å². The molecule has 0 amide bonds. The molecule has 0 saturated carbocycles. The van der Waals surface area contributed by atoms with Crippen molar-refractivity contribution in [3.8, 4) is 12.3 Å². The van der Waals surface area contributed by atoms with Gasteiger partial charge in [-0.05, 0) is 24.6 Å². The summed E-state index contributed by atoms with van der Waals surface area (Å²) in [7, 11) is 0. The molecule has 0 saturated heterocycles. The number of anilines is 1. The van der Waals surface area contributed by atoms with Crippen molar-refractivity contribution in [2.45, 2.75) is 32.0 Å². The first-order valence-electron chi connectivity index (χ1n) is 5.48. The van der Waals surface area contributed by atoms with Gasteiger partial charge in [0, 0.05) is 0 Å². The number of halogens is 4. The van der Waals surface area contributed by atoms with Crippen LogP contribution in [0.3, 0.4) is 0 Å². The Morgan fingerprint density at radius 2 is 2.06 bits per heavy atom. The largest absolute Gasteiger partial charge is 0.416 e. The fourth-order valence-corrected chi connectivity index (χ4v) is 1.48. The summed E-state index contributed by atoms with van der Waals surface area (Å²) in [6.45, 7) is 1.91. The van der Waals surface area contributed by atoms with E-state index < -0.39 is 17.6 Å². The molecule has 0 fully saturated rings. The van der Waals surface area contributed by atoms with Gasteiger partial charge in [-0.25, -0.2) is 4.39 Å². The van der Waals surface area contributed by atoms with Crippen molar-refractivity contribution in [1.29, 1.82) is 0 Å². The molecule has 1 N–H and O–H groups in total. The molecule has 1 rings (SSSR count). The molecular weight excluding hydrogens is 246 g/mol. The lowest BCUT2D eigenvalue weighted by atomic mass is 10.1. The molecule has 0 bridgehead atoms. The van der Waals surface area contributed by atoms with E-state index in [0.29, 0.717) is 12.5 Å². The Labute approximate surface area is 103 Å². The molecule has 1 atom stereocenters. The van der Waals surface area contributed by atoms with Crippen LogP contribution in [0.4, 0.5) is 23.2 Å². The smallest absolute Gasteiger partial charge is 0.369 e. The van der Waals surface area contributed by atoms with Crippen LogP contribution in [0, 0.1) is 18.2 Å². The highest BCUT2D eigenvalue weighted by Gasteiger charge is 2.31. The molecule has 5 heteroatoms. The lowest BCUT2D eigenvalue weighted by Gasteiger charge is -2.15. The number of alkyl halides is 3. The van der Waals surface area contributed by atoms with Crippen LogP contribution in [-0.2, 0) is 6.18 Å². The molecule has 1 nitrogen and oxygen atoms in total. The predicted molar refractivity (Wildman–Crippen MR) is 62.6 cm³/mol. The summed E-state index contributed by atoms with van der Waals surface area (Å²) >= 11 is 0. The van der Waals surface area contributed by atoms with Gasteiger partial charge in [0.15, 0.2) is 0 Å². The molecule has 0 aliphatic rings. The van der Waals surface area contributed by atoms with E-state index in [4.69, 9.17) is 6.42 Å². The zero-order valence-corrected chi connectivity index (χ0v) is 9.81. The molecule has 18 heavy (non-hydrogen) atoms. The summed E-state index contributed by atoms with van der Waals surface area (Å²) in [6, 6.07) is 1.95. The maximum absolute atomic E-state index is 13.5. The normalized spacial score (nSPS) is 12.9. The summed E-state index contributed by atoms with van der Waals surface area (Å²) in [5.74, 6) is 1.47. The molecule has 98 valence electrons. The number of nitrogens with one attached hydrogen (secondary N) is 1. The molecule has 0 heterocycles. The highest BCUT2D eigenvalue weighted by atomic mass is 19.4. The van der Waals surface area contributed by atoms with Crippen molar-refractivity contribution in [2.24, 2.45) is 0 Å². The van der Waals surface area contributed by atoms with E-state index in [1.54, 1.807) is 0 Å². The number of terminal acetylenes is 1. The minimum Gasteiger partial charge on any atom is -0.369 e. The van der Waals surface area contributed by atoms with Crippen molar-refractivity contribution in [3.63, 3.8) is 0 Å². The van der Waals surface area contributed by atoms with E-state index in [1.807, 2.05) is 6.92 Å². The molecule has 0 aliphatic heterocycles. The SMILES string of the molecule is C#CC(CCC)Nc1ccc(C(F)(F)F)cc1F. The Bertz CT molecular complexity index is 445. The average molecular weight is 259 g/mol. The Morgan fingerprint density at radius 3 is 2.50 bits per heavy atom. The number of hydrogen-bond acceptors (Lipinski definition) is 1. The van der Waals surface area contributed by atoms with Gasteiger partial charge >= 0.3 is 6.18 Å².